The van der Waals surface area contributed by atoms with Gasteiger partial charge in [0, 0.05) is 45.3 Å². The molecule has 1 aliphatic heterocycles. The van der Waals surface area contributed by atoms with Crippen molar-refractivity contribution < 1.29 is 4.39 Å². The summed E-state index contributed by atoms with van der Waals surface area (Å²) in [7, 11) is 1.62. The Hall–Kier alpha value is -2.95. The van der Waals surface area contributed by atoms with Crippen LogP contribution in [0.2, 0.25) is 5.15 Å². The van der Waals surface area contributed by atoms with Crippen LogP contribution in [-0.4, -0.2) is 40.6 Å². The van der Waals surface area contributed by atoms with Crippen molar-refractivity contribution in [1.82, 2.24) is 14.5 Å². The predicted octanol–water partition coefficient (Wildman–Crippen LogP) is 3.23. The molecule has 0 bridgehead atoms. The van der Waals surface area contributed by atoms with Crippen molar-refractivity contribution >= 4 is 28.3 Å². The van der Waals surface area contributed by atoms with Crippen molar-refractivity contribution in [2.24, 2.45) is 7.05 Å². The van der Waals surface area contributed by atoms with Crippen LogP contribution in [0.25, 0.3) is 11.0 Å². The number of nitriles is 1. The Morgan fingerprint density at radius 2 is 1.93 bits per heavy atom. The minimum atomic E-state index is -0.353. The second-order valence-corrected chi connectivity index (χ2v) is 7.95. The lowest BCUT2D eigenvalue weighted by Crippen LogP contribution is -2.47. The molecule has 0 N–H and O–H groups in total. The van der Waals surface area contributed by atoms with Crippen LogP contribution in [0.15, 0.2) is 35.1 Å². The average Bonchev–Trinajstić information content (AvgIpc) is 2.73. The highest BCUT2D eigenvalue weighted by molar-refractivity contribution is 6.29. The van der Waals surface area contributed by atoms with E-state index in [-0.39, 0.29) is 16.9 Å². The first kappa shape index (κ1) is 20.3. The molecule has 1 aromatic carbocycles. The maximum absolute atomic E-state index is 14.2. The summed E-state index contributed by atoms with van der Waals surface area (Å²) in [4.78, 5) is 21.3. The molecule has 1 saturated heterocycles. The maximum atomic E-state index is 14.2. The zero-order valence-electron chi connectivity index (χ0n) is 16.8. The van der Waals surface area contributed by atoms with Gasteiger partial charge in [0.05, 0.1) is 11.2 Å². The van der Waals surface area contributed by atoms with Crippen LogP contribution in [0.3, 0.4) is 0 Å². The Morgan fingerprint density at radius 3 is 2.60 bits per heavy atom. The Kier molecular flexibility index (Phi) is 5.46. The topological polar surface area (TPSA) is 65.2 Å². The normalized spacial score (nSPS) is 14.8. The van der Waals surface area contributed by atoms with Gasteiger partial charge in [-0.15, -0.1) is 0 Å². The van der Waals surface area contributed by atoms with Crippen LogP contribution in [-0.2, 0) is 13.6 Å². The Labute approximate surface area is 178 Å². The zero-order chi connectivity index (χ0) is 21.4. The lowest BCUT2D eigenvalue weighted by Gasteiger charge is -2.36. The van der Waals surface area contributed by atoms with Crippen LogP contribution in [0.4, 0.5) is 10.1 Å². The number of nitrogens with zero attached hydrogens (tertiary/aromatic N) is 5. The highest BCUT2D eigenvalue weighted by Gasteiger charge is 2.25. The highest BCUT2D eigenvalue weighted by Crippen LogP contribution is 2.29. The molecule has 0 saturated carbocycles. The van der Waals surface area contributed by atoms with Crippen LogP contribution in [0.1, 0.15) is 16.7 Å². The summed E-state index contributed by atoms with van der Waals surface area (Å²) in [6.07, 6.45) is 0. The monoisotopic (exact) mass is 425 g/mol. The van der Waals surface area contributed by atoms with E-state index in [2.05, 4.69) is 16.0 Å². The van der Waals surface area contributed by atoms with E-state index in [9.17, 15) is 14.4 Å². The number of aryl methyl sites for hydroxylation is 2. The fourth-order valence-corrected chi connectivity index (χ4v) is 4.08. The molecule has 1 aliphatic rings. The molecule has 0 aliphatic carbocycles. The second kappa shape index (κ2) is 8.05. The largest absolute Gasteiger partial charge is 0.366 e. The Bertz CT molecular complexity index is 1220. The van der Waals surface area contributed by atoms with Crippen molar-refractivity contribution in [3.8, 4) is 6.07 Å². The van der Waals surface area contributed by atoms with Crippen LogP contribution in [0, 0.1) is 24.1 Å². The third-order valence-corrected chi connectivity index (χ3v) is 5.79. The van der Waals surface area contributed by atoms with E-state index >= 15 is 0 Å². The number of benzene rings is 1. The molecule has 6 nitrogen and oxygen atoms in total. The Balaban J connectivity index is 1.63. The fraction of sp³-hybridized carbons (Fsp3) is 0.318. The van der Waals surface area contributed by atoms with Gasteiger partial charge in [-0.3, -0.25) is 9.69 Å². The third-order valence-electron chi connectivity index (χ3n) is 5.58. The van der Waals surface area contributed by atoms with Gasteiger partial charge in [-0.1, -0.05) is 23.7 Å². The van der Waals surface area contributed by atoms with Gasteiger partial charge in [-0.05, 0) is 30.7 Å². The van der Waals surface area contributed by atoms with E-state index in [1.807, 2.05) is 24.0 Å². The number of anilines is 1. The fourth-order valence-electron chi connectivity index (χ4n) is 3.93. The standard InChI is InChI=1S/C22H21ClFN5O/c1-14-3-4-15(17(24)11-14)13-28-7-9-29(10-8-28)21-16(12-25)22(30)27(2)18-5-6-19(23)26-20(18)21/h3-6,11H,7-10,13H2,1-2H3. The van der Waals surface area contributed by atoms with Gasteiger partial charge >= 0.3 is 0 Å². The number of halogens is 2. The molecular formula is C22H21ClFN5O. The van der Waals surface area contributed by atoms with Crippen LogP contribution < -0.4 is 10.5 Å². The predicted molar refractivity (Wildman–Crippen MR) is 115 cm³/mol. The van der Waals surface area contributed by atoms with Crippen LogP contribution >= 0.6 is 11.6 Å². The van der Waals surface area contributed by atoms with Crippen molar-refractivity contribution in [3.05, 3.63) is 68.3 Å². The molecule has 0 atom stereocenters. The first-order valence-corrected chi connectivity index (χ1v) is 10.1. The average molecular weight is 426 g/mol. The Morgan fingerprint density at radius 1 is 1.20 bits per heavy atom. The lowest BCUT2D eigenvalue weighted by atomic mass is 10.1. The number of rotatable bonds is 3. The van der Waals surface area contributed by atoms with Crippen molar-refractivity contribution in [1.29, 1.82) is 5.26 Å². The van der Waals surface area contributed by atoms with Crippen molar-refractivity contribution in [3.63, 3.8) is 0 Å². The summed E-state index contributed by atoms with van der Waals surface area (Å²) in [6.45, 7) is 4.93. The number of piperazine rings is 1. The molecule has 30 heavy (non-hydrogen) atoms. The first-order valence-electron chi connectivity index (χ1n) is 9.70. The van der Waals surface area contributed by atoms with Gasteiger partial charge in [0.15, 0.2) is 0 Å². The van der Waals surface area contributed by atoms with Crippen molar-refractivity contribution in [2.45, 2.75) is 13.5 Å². The molecular weight excluding hydrogens is 405 g/mol. The van der Waals surface area contributed by atoms with Crippen LogP contribution in [0.5, 0.6) is 0 Å². The molecule has 8 heteroatoms. The molecule has 4 rings (SSSR count). The van der Waals surface area contributed by atoms with E-state index in [0.29, 0.717) is 60.2 Å². The quantitative estimate of drug-likeness (QED) is 0.603. The van der Waals surface area contributed by atoms with E-state index < -0.39 is 0 Å². The smallest absolute Gasteiger partial charge is 0.270 e. The summed E-state index contributed by atoms with van der Waals surface area (Å²) < 4.78 is 15.6. The number of pyridine rings is 2. The van der Waals surface area contributed by atoms with Gasteiger partial charge in [-0.2, -0.15) is 5.26 Å². The van der Waals surface area contributed by atoms with Gasteiger partial charge in [0.25, 0.3) is 5.56 Å². The molecule has 0 unspecified atom stereocenters. The molecule has 3 heterocycles. The second-order valence-electron chi connectivity index (χ2n) is 7.56. The molecule has 2 aromatic heterocycles. The summed E-state index contributed by atoms with van der Waals surface area (Å²) in [6, 6.07) is 10.7. The summed E-state index contributed by atoms with van der Waals surface area (Å²) in [5, 5.41) is 9.99. The SMILES string of the molecule is Cc1ccc(CN2CCN(c3c(C#N)c(=O)n(C)c4ccc(Cl)nc34)CC2)c(F)c1. The van der Waals surface area contributed by atoms with E-state index in [1.54, 1.807) is 25.2 Å². The van der Waals surface area contributed by atoms with Crippen molar-refractivity contribution in [2.75, 3.05) is 31.1 Å². The molecule has 1 fully saturated rings. The maximum Gasteiger partial charge on any atom is 0.270 e. The number of hydrogen-bond acceptors (Lipinski definition) is 5. The molecule has 0 radical (unpaired) electrons. The molecule has 0 amide bonds. The molecule has 0 spiro atoms. The van der Waals surface area contributed by atoms with E-state index in [0.717, 1.165) is 5.56 Å². The molecule has 154 valence electrons. The summed E-state index contributed by atoms with van der Waals surface area (Å²) in [5.74, 6) is -0.194. The van der Waals surface area contributed by atoms with E-state index in [1.165, 1.54) is 4.57 Å². The summed E-state index contributed by atoms with van der Waals surface area (Å²) in [5.41, 5.74) is 2.97. The minimum Gasteiger partial charge on any atom is -0.366 e. The zero-order valence-corrected chi connectivity index (χ0v) is 17.6. The number of hydrogen-bond donors (Lipinski definition) is 0. The third kappa shape index (κ3) is 3.64. The van der Waals surface area contributed by atoms with Gasteiger partial charge in [0.2, 0.25) is 0 Å². The number of fused-ring (bicyclic) bond motifs is 1. The van der Waals surface area contributed by atoms with E-state index in [4.69, 9.17) is 11.6 Å². The minimum absolute atomic E-state index is 0.0674. The van der Waals surface area contributed by atoms with Gasteiger partial charge < -0.3 is 9.47 Å². The lowest BCUT2D eigenvalue weighted by molar-refractivity contribution is 0.246. The van der Waals surface area contributed by atoms with Gasteiger partial charge in [0.1, 0.15) is 28.1 Å². The number of aromatic nitrogens is 2. The first-order chi connectivity index (χ1) is 14.4. The summed E-state index contributed by atoms with van der Waals surface area (Å²) >= 11 is 6.11. The van der Waals surface area contributed by atoms with Gasteiger partial charge in [-0.25, -0.2) is 9.37 Å². The highest BCUT2D eigenvalue weighted by atomic mass is 35.5. The molecule has 3 aromatic rings.